The number of hydrogen-bond donors (Lipinski definition) is 1. The van der Waals surface area contributed by atoms with Gasteiger partial charge in [-0.1, -0.05) is 13.0 Å². The van der Waals surface area contributed by atoms with E-state index in [1.165, 1.54) is 4.90 Å². The van der Waals surface area contributed by atoms with E-state index in [4.69, 9.17) is 5.11 Å². The number of carboxylic acids is 1. The highest BCUT2D eigenvalue weighted by Crippen LogP contribution is 2.20. The molecule has 2 unspecified atom stereocenters. The third-order valence-electron chi connectivity index (χ3n) is 2.92. The Balaban J connectivity index is 2.67. The van der Waals surface area contributed by atoms with Crippen LogP contribution in [-0.2, 0) is 9.59 Å². The fraction of sp³-hybridized carbons (Fsp3) is 0.667. The van der Waals surface area contributed by atoms with E-state index >= 15 is 0 Å². The Kier molecular flexibility index (Phi) is 5.55. The smallest absolute Gasteiger partial charge is 0.326 e. The van der Waals surface area contributed by atoms with Gasteiger partial charge in [-0.05, 0) is 31.3 Å². The van der Waals surface area contributed by atoms with E-state index < -0.39 is 12.0 Å². The molecule has 0 bridgehead atoms. The first-order chi connectivity index (χ1) is 8.07. The van der Waals surface area contributed by atoms with Gasteiger partial charge < -0.3 is 10.0 Å². The average molecular weight is 257 g/mol. The lowest BCUT2D eigenvalue weighted by atomic mass is 10.0. The maximum absolute atomic E-state index is 12.1. The number of amides is 1. The minimum Gasteiger partial charge on any atom is -0.480 e. The van der Waals surface area contributed by atoms with Crippen LogP contribution in [0.15, 0.2) is 12.3 Å². The summed E-state index contributed by atoms with van der Waals surface area (Å²) in [5.74, 6) is -0.198. The monoisotopic (exact) mass is 257 g/mol. The first kappa shape index (κ1) is 14.1. The number of carbonyl (C=O) groups is 2. The van der Waals surface area contributed by atoms with Crippen molar-refractivity contribution in [3.63, 3.8) is 0 Å². The molecule has 0 aromatic carbocycles. The zero-order valence-corrected chi connectivity index (χ0v) is 11.1. The summed E-state index contributed by atoms with van der Waals surface area (Å²) in [4.78, 5) is 24.6. The molecule has 4 nitrogen and oxygen atoms in total. The van der Waals surface area contributed by atoms with Crippen LogP contribution in [0, 0.1) is 5.92 Å². The Hall–Kier alpha value is -0.970. The molecular formula is C12H19NO3S. The third-order valence-corrected chi connectivity index (χ3v) is 3.57. The summed E-state index contributed by atoms with van der Waals surface area (Å²) < 4.78 is 0. The molecule has 0 saturated heterocycles. The summed E-state index contributed by atoms with van der Waals surface area (Å²) >= 11 is 1.70. The van der Waals surface area contributed by atoms with E-state index in [9.17, 15) is 9.59 Å². The summed E-state index contributed by atoms with van der Waals surface area (Å²) in [6, 6.07) is -0.691. The quantitative estimate of drug-likeness (QED) is 0.818. The highest BCUT2D eigenvalue weighted by Gasteiger charge is 2.31. The number of rotatable bonds is 5. The van der Waals surface area contributed by atoms with Gasteiger partial charge >= 0.3 is 5.97 Å². The molecule has 1 heterocycles. The maximum atomic E-state index is 12.1. The van der Waals surface area contributed by atoms with Gasteiger partial charge in [0.25, 0.3) is 0 Å². The fourth-order valence-electron chi connectivity index (χ4n) is 1.83. The van der Waals surface area contributed by atoms with Gasteiger partial charge in [0, 0.05) is 12.1 Å². The first-order valence-corrected chi connectivity index (χ1v) is 7.18. The van der Waals surface area contributed by atoms with Crippen molar-refractivity contribution < 1.29 is 14.7 Å². The molecule has 1 amide bonds. The zero-order chi connectivity index (χ0) is 12.8. The van der Waals surface area contributed by atoms with E-state index in [2.05, 4.69) is 0 Å². The van der Waals surface area contributed by atoms with Crippen molar-refractivity contribution in [2.45, 2.75) is 32.2 Å². The summed E-state index contributed by atoms with van der Waals surface area (Å²) in [5, 5.41) is 9.08. The molecule has 0 aromatic heterocycles. The molecule has 17 heavy (non-hydrogen) atoms. The topological polar surface area (TPSA) is 57.6 Å². The summed E-state index contributed by atoms with van der Waals surface area (Å²) in [6.07, 6.45) is 7.50. The molecule has 96 valence electrons. The van der Waals surface area contributed by atoms with Crippen molar-refractivity contribution in [3.05, 3.63) is 12.3 Å². The van der Waals surface area contributed by atoms with Crippen LogP contribution in [0.5, 0.6) is 0 Å². The number of hydrogen-bond acceptors (Lipinski definition) is 3. The summed E-state index contributed by atoms with van der Waals surface area (Å²) in [6.45, 7) is 1.86. The lowest BCUT2D eigenvalue weighted by Gasteiger charge is -2.30. The number of allylic oxidation sites excluding steroid dienone is 1. The number of aliphatic carboxylic acids is 1. The van der Waals surface area contributed by atoms with Gasteiger partial charge in [-0.2, -0.15) is 11.8 Å². The van der Waals surface area contributed by atoms with Crippen LogP contribution >= 0.6 is 11.8 Å². The number of nitrogens with zero attached hydrogens (tertiary/aromatic N) is 1. The van der Waals surface area contributed by atoms with Gasteiger partial charge in [0.2, 0.25) is 5.91 Å². The van der Waals surface area contributed by atoms with Gasteiger partial charge in [-0.3, -0.25) is 4.79 Å². The predicted molar refractivity (Wildman–Crippen MR) is 68.8 cm³/mol. The molecule has 0 radical (unpaired) electrons. The van der Waals surface area contributed by atoms with Crippen LogP contribution in [0.4, 0.5) is 0 Å². The van der Waals surface area contributed by atoms with Crippen molar-refractivity contribution in [2.75, 3.05) is 12.0 Å². The molecule has 0 saturated carbocycles. The highest BCUT2D eigenvalue weighted by atomic mass is 32.2. The summed E-state index contributed by atoms with van der Waals surface area (Å²) in [7, 11) is 0. The molecule has 1 aliphatic rings. The maximum Gasteiger partial charge on any atom is 0.326 e. The van der Waals surface area contributed by atoms with Crippen molar-refractivity contribution in [1.29, 1.82) is 0 Å². The van der Waals surface area contributed by atoms with Crippen LogP contribution in [-0.4, -0.2) is 39.9 Å². The minimum atomic E-state index is -0.917. The number of carboxylic acid groups (broad SMARTS) is 1. The van der Waals surface area contributed by atoms with Crippen LogP contribution in [0.25, 0.3) is 0 Å². The Morgan fingerprint density at radius 1 is 1.59 bits per heavy atom. The second kappa shape index (κ2) is 6.69. The van der Waals surface area contributed by atoms with Crippen LogP contribution in [0.3, 0.4) is 0 Å². The second-order valence-electron chi connectivity index (χ2n) is 4.24. The third kappa shape index (κ3) is 3.77. The Bertz CT molecular complexity index is 317. The van der Waals surface area contributed by atoms with Gasteiger partial charge in [0.15, 0.2) is 0 Å². The lowest BCUT2D eigenvalue weighted by Crippen LogP contribution is -2.45. The van der Waals surface area contributed by atoms with Crippen molar-refractivity contribution in [1.82, 2.24) is 4.90 Å². The Morgan fingerprint density at radius 2 is 2.29 bits per heavy atom. The highest BCUT2D eigenvalue weighted by molar-refractivity contribution is 7.98. The van der Waals surface area contributed by atoms with E-state index in [1.807, 2.05) is 19.3 Å². The molecular weight excluding hydrogens is 238 g/mol. The molecule has 5 heteroatoms. The van der Waals surface area contributed by atoms with E-state index in [0.717, 1.165) is 18.6 Å². The average Bonchev–Trinajstić information content (AvgIpc) is 2.34. The van der Waals surface area contributed by atoms with E-state index in [-0.39, 0.29) is 11.8 Å². The molecule has 1 aliphatic heterocycles. The second-order valence-corrected chi connectivity index (χ2v) is 5.23. The van der Waals surface area contributed by atoms with E-state index in [1.54, 1.807) is 18.0 Å². The van der Waals surface area contributed by atoms with Crippen molar-refractivity contribution in [3.8, 4) is 0 Å². The fourth-order valence-corrected chi connectivity index (χ4v) is 2.42. The van der Waals surface area contributed by atoms with Gasteiger partial charge in [-0.15, -0.1) is 0 Å². The Morgan fingerprint density at radius 3 is 2.88 bits per heavy atom. The summed E-state index contributed by atoms with van der Waals surface area (Å²) in [5.41, 5.74) is 0. The van der Waals surface area contributed by atoms with Crippen molar-refractivity contribution in [2.24, 2.45) is 5.92 Å². The number of carbonyl (C=O) groups excluding carboxylic acids is 1. The molecule has 0 aliphatic carbocycles. The first-order valence-electron chi connectivity index (χ1n) is 5.78. The lowest BCUT2D eigenvalue weighted by molar-refractivity contribution is -0.149. The Labute approximate surface area is 106 Å². The molecule has 0 aromatic rings. The van der Waals surface area contributed by atoms with Gasteiger partial charge in [0.1, 0.15) is 6.04 Å². The largest absolute Gasteiger partial charge is 0.480 e. The molecule has 2 atom stereocenters. The minimum absolute atomic E-state index is 0.0811. The number of thioether (sulfide) groups is 1. The van der Waals surface area contributed by atoms with Crippen LogP contribution < -0.4 is 0 Å². The zero-order valence-electron chi connectivity index (χ0n) is 10.3. The van der Waals surface area contributed by atoms with Gasteiger partial charge in [-0.25, -0.2) is 4.79 Å². The van der Waals surface area contributed by atoms with Gasteiger partial charge in [0.05, 0.1) is 0 Å². The SMILES string of the molecule is CSCCC(C)C(=O)N1C=CCCC1C(=O)O. The predicted octanol–water partition coefficient (Wildman–Crippen LogP) is 1.96. The van der Waals surface area contributed by atoms with Crippen molar-refractivity contribution >= 4 is 23.6 Å². The van der Waals surface area contributed by atoms with Crippen LogP contribution in [0.2, 0.25) is 0 Å². The molecule has 1 N–H and O–H groups in total. The molecule has 0 spiro atoms. The van der Waals surface area contributed by atoms with Crippen LogP contribution in [0.1, 0.15) is 26.2 Å². The molecule has 1 rings (SSSR count). The normalized spacial score (nSPS) is 21.3. The van der Waals surface area contributed by atoms with E-state index in [0.29, 0.717) is 6.42 Å². The molecule has 0 fully saturated rings. The standard InChI is InChI=1S/C12H19NO3S/c1-9(6-8-17-2)11(14)13-7-4-3-5-10(13)12(15)16/h4,7,9-10H,3,5-6,8H2,1-2H3,(H,15,16).